The Bertz CT molecular complexity index is 1010. The van der Waals surface area contributed by atoms with Crippen LogP contribution in [0.4, 0.5) is 5.82 Å². The monoisotopic (exact) mass is 414 g/mol. The average Bonchev–Trinajstić information content (AvgIpc) is 2.68. The molecule has 7 nitrogen and oxygen atoms in total. The minimum atomic E-state index is -0.610. The number of anilines is 1. The topological polar surface area (TPSA) is 79.5 Å². The molecule has 3 aromatic rings. The summed E-state index contributed by atoms with van der Waals surface area (Å²) in [5.74, 6) is 0.481. The van der Waals surface area contributed by atoms with Gasteiger partial charge in [-0.25, -0.2) is 4.79 Å². The molecule has 0 aliphatic carbocycles. The summed E-state index contributed by atoms with van der Waals surface area (Å²) in [6.45, 7) is 2.28. The zero-order chi connectivity index (χ0) is 18.1. The third-order valence-corrected chi connectivity index (χ3v) is 4.87. The quantitative estimate of drug-likeness (QED) is 0.598. The van der Waals surface area contributed by atoms with Crippen LogP contribution in [-0.4, -0.2) is 47.2 Å². The summed E-state index contributed by atoms with van der Waals surface area (Å²) in [5.41, 5.74) is -0.0908. The molecule has 0 spiro atoms. The smallest absolute Gasteiger partial charge is 0.349 e. The van der Waals surface area contributed by atoms with Crippen molar-refractivity contribution in [3.63, 3.8) is 0 Å². The molecule has 0 unspecified atom stereocenters. The molecule has 0 atom stereocenters. The molecule has 26 heavy (non-hydrogen) atoms. The molecule has 0 N–H and O–H groups in total. The fraction of sp³-hybridized carbons (Fsp3) is 0.222. The highest BCUT2D eigenvalue weighted by atomic mass is 79.9. The van der Waals surface area contributed by atoms with Gasteiger partial charge in [0.2, 0.25) is 0 Å². The number of carbonyl (C=O) groups excluding carboxylic acids is 1. The van der Waals surface area contributed by atoms with Crippen molar-refractivity contribution in [1.29, 1.82) is 0 Å². The Morgan fingerprint density at radius 1 is 1.12 bits per heavy atom. The highest BCUT2D eigenvalue weighted by Gasteiger charge is 2.25. The van der Waals surface area contributed by atoms with Gasteiger partial charge in [-0.2, -0.15) is 5.10 Å². The molecule has 1 aliphatic rings. The minimum Gasteiger partial charge on any atom is -0.422 e. The first-order valence-corrected chi connectivity index (χ1v) is 8.96. The summed E-state index contributed by atoms with van der Waals surface area (Å²) in [4.78, 5) is 28.8. The lowest BCUT2D eigenvalue weighted by Gasteiger charge is -2.34. The third kappa shape index (κ3) is 3.20. The second-order valence-corrected chi connectivity index (χ2v) is 6.91. The molecule has 0 radical (unpaired) electrons. The van der Waals surface area contributed by atoms with Gasteiger partial charge in [-0.15, -0.1) is 5.10 Å². The number of hydrogen-bond donors (Lipinski definition) is 0. The van der Waals surface area contributed by atoms with Crippen molar-refractivity contribution in [2.24, 2.45) is 0 Å². The lowest BCUT2D eigenvalue weighted by atomic mass is 10.1. The van der Waals surface area contributed by atoms with Crippen LogP contribution in [0.5, 0.6) is 0 Å². The first-order valence-electron chi connectivity index (χ1n) is 8.17. The first-order chi connectivity index (χ1) is 12.6. The standard InChI is InChI=1S/C18H15BrN4O3/c19-13-3-4-15-12(10-13)11-14(18(25)26-15)17(24)23-8-6-22(7-9-23)16-2-1-5-20-21-16/h1-5,10-11H,6-9H2. The van der Waals surface area contributed by atoms with Crippen LogP contribution in [0.3, 0.4) is 0 Å². The summed E-state index contributed by atoms with van der Waals surface area (Å²) in [6, 6.07) is 10.6. The van der Waals surface area contributed by atoms with E-state index < -0.39 is 5.63 Å². The summed E-state index contributed by atoms with van der Waals surface area (Å²) in [5, 5.41) is 8.68. The van der Waals surface area contributed by atoms with Gasteiger partial charge in [0, 0.05) is 42.2 Å². The highest BCUT2D eigenvalue weighted by molar-refractivity contribution is 9.10. The molecular formula is C18H15BrN4O3. The van der Waals surface area contributed by atoms with Gasteiger partial charge < -0.3 is 14.2 Å². The number of amides is 1. The number of fused-ring (bicyclic) bond motifs is 1. The van der Waals surface area contributed by atoms with E-state index in [1.165, 1.54) is 0 Å². The third-order valence-electron chi connectivity index (χ3n) is 4.37. The van der Waals surface area contributed by atoms with Crippen LogP contribution < -0.4 is 10.5 Å². The van der Waals surface area contributed by atoms with E-state index in [0.29, 0.717) is 37.1 Å². The number of halogens is 1. The molecule has 1 aromatic carbocycles. The van der Waals surface area contributed by atoms with Crippen LogP contribution in [0.1, 0.15) is 10.4 Å². The average molecular weight is 415 g/mol. The maximum Gasteiger partial charge on any atom is 0.349 e. The zero-order valence-electron chi connectivity index (χ0n) is 13.8. The Kier molecular flexibility index (Phi) is 4.42. The van der Waals surface area contributed by atoms with Gasteiger partial charge in [-0.3, -0.25) is 4.79 Å². The van der Waals surface area contributed by atoms with Crippen LogP contribution >= 0.6 is 15.9 Å². The van der Waals surface area contributed by atoms with Crippen LogP contribution in [0, 0.1) is 0 Å². The van der Waals surface area contributed by atoms with Crippen LogP contribution in [-0.2, 0) is 0 Å². The van der Waals surface area contributed by atoms with Crippen LogP contribution in [0.15, 0.2) is 56.3 Å². The number of carbonyl (C=O) groups is 1. The van der Waals surface area contributed by atoms with Crippen molar-refractivity contribution < 1.29 is 9.21 Å². The summed E-state index contributed by atoms with van der Waals surface area (Å²) >= 11 is 3.39. The fourth-order valence-corrected chi connectivity index (χ4v) is 3.39. The molecule has 1 fully saturated rings. The number of hydrogen-bond acceptors (Lipinski definition) is 6. The Hall–Kier alpha value is -2.74. The van der Waals surface area contributed by atoms with E-state index in [0.717, 1.165) is 10.3 Å². The number of piperazine rings is 1. The molecule has 132 valence electrons. The molecular weight excluding hydrogens is 400 g/mol. The molecule has 8 heteroatoms. The molecule has 0 saturated carbocycles. The molecule has 1 amide bonds. The fourth-order valence-electron chi connectivity index (χ4n) is 3.01. The summed E-state index contributed by atoms with van der Waals surface area (Å²) in [7, 11) is 0. The minimum absolute atomic E-state index is 0.0588. The molecule has 1 aliphatic heterocycles. The molecule has 4 rings (SSSR count). The van der Waals surface area contributed by atoms with Gasteiger partial charge in [0.1, 0.15) is 11.1 Å². The van der Waals surface area contributed by atoms with Crippen molar-refractivity contribution in [1.82, 2.24) is 15.1 Å². The Morgan fingerprint density at radius 3 is 2.65 bits per heavy atom. The van der Waals surface area contributed by atoms with E-state index in [4.69, 9.17) is 4.42 Å². The predicted octanol–water partition coefficient (Wildman–Crippen LogP) is 2.31. The van der Waals surface area contributed by atoms with Crippen molar-refractivity contribution in [2.45, 2.75) is 0 Å². The largest absolute Gasteiger partial charge is 0.422 e. The number of nitrogens with zero attached hydrogens (tertiary/aromatic N) is 4. The van der Waals surface area contributed by atoms with Crippen molar-refractivity contribution in [2.75, 3.05) is 31.1 Å². The molecule has 3 heterocycles. The van der Waals surface area contributed by atoms with E-state index in [2.05, 4.69) is 31.0 Å². The highest BCUT2D eigenvalue weighted by Crippen LogP contribution is 2.20. The van der Waals surface area contributed by atoms with E-state index in [9.17, 15) is 9.59 Å². The van der Waals surface area contributed by atoms with Gasteiger partial charge in [0.15, 0.2) is 5.82 Å². The Balaban J connectivity index is 1.54. The van der Waals surface area contributed by atoms with Gasteiger partial charge >= 0.3 is 5.63 Å². The predicted molar refractivity (Wildman–Crippen MR) is 100 cm³/mol. The number of rotatable bonds is 2. The zero-order valence-corrected chi connectivity index (χ0v) is 15.3. The van der Waals surface area contributed by atoms with Gasteiger partial charge in [0.25, 0.3) is 5.91 Å². The number of aromatic nitrogens is 2. The van der Waals surface area contributed by atoms with Crippen LogP contribution in [0.25, 0.3) is 11.0 Å². The van der Waals surface area contributed by atoms with E-state index >= 15 is 0 Å². The molecule has 0 bridgehead atoms. The van der Waals surface area contributed by atoms with Crippen molar-refractivity contribution in [3.05, 3.63) is 63.1 Å². The van der Waals surface area contributed by atoms with Crippen molar-refractivity contribution >= 4 is 38.6 Å². The SMILES string of the molecule is O=C(c1cc2cc(Br)ccc2oc1=O)N1CCN(c2cccnn2)CC1. The van der Waals surface area contributed by atoms with Gasteiger partial charge in [-0.05, 0) is 36.4 Å². The van der Waals surface area contributed by atoms with Gasteiger partial charge in [0.05, 0.1) is 0 Å². The molecule has 1 saturated heterocycles. The van der Waals surface area contributed by atoms with Gasteiger partial charge in [-0.1, -0.05) is 15.9 Å². The maximum atomic E-state index is 12.8. The van der Waals surface area contributed by atoms with Crippen LogP contribution in [0.2, 0.25) is 0 Å². The normalized spacial score (nSPS) is 14.7. The lowest BCUT2D eigenvalue weighted by Crippen LogP contribution is -2.49. The Labute approximate surface area is 157 Å². The molecule has 2 aromatic heterocycles. The van der Waals surface area contributed by atoms with Crippen molar-refractivity contribution in [3.8, 4) is 0 Å². The Morgan fingerprint density at radius 2 is 1.92 bits per heavy atom. The van der Waals surface area contributed by atoms with E-state index in [-0.39, 0.29) is 11.5 Å². The first kappa shape index (κ1) is 16.7. The van der Waals surface area contributed by atoms with E-state index in [1.807, 2.05) is 18.2 Å². The second kappa shape index (κ2) is 6.87. The number of benzene rings is 1. The lowest BCUT2D eigenvalue weighted by molar-refractivity contribution is 0.0742. The maximum absolute atomic E-state index is 12.8. The summed E-state index contributed by atoms with van der Waals surface area (Å²) in [6.07, 6.45) is 1.63. The second-order valence-electron chi connectivity index (χ2n) is 5.99. The summed E-state index contributed by atoms with van der Waals surface area (Å²) < 4.78 is 6.15. The van der Waals surface area contributed by atoms with E-state index in [1.54, 1.807) is 29.3 Å².